The first-order valence-electron chi connectivity index (χ1n) is 10.6. The first kappa shape index (κ1) is 20.8. The molecule has 0 spiro atoms. The van der Waals surface area contributed by atoms with Crippen LogP contribution in [-0.4, -0.2) is 40.0 Å². The molecule has 2 fully saturated rings. The van der Waals surface area contributed by atoms with Gasteiger partial charge < -0.3 is 15.4 Å². The zero-order valence-electron chi connectivity index (χ0n) is 17.6. The van der Waals surface area contributed by atoms with Gasteiger partial charge in [-0.3, -0.25) is 19.3 Å². The number of carbonyl (C=O) groups excluding carboxylic acids is 3. The maximum atomic E-state index is 13.3. The molecule has 1 aliphatic carbocycles. The summed E-state index contributed by atoms with van der Waals surface area (Å²) in [6.45, 7) is 0.125. The van der Waals surface area contributed by atoms with Crippen LogP contribution in [0.3, 0.4) is 0 Å². The minimum Gasteiger partial charge on any atom is -0.539 e. The summed E-state index contributed by atoms with van der Waals surface area (Å²) in [5.74, 6) is -1.88. The van der Waals surface area contributed by atoms with Gasteiger partial charge in [0.1, 0.15) is 0 Å². The lowest BCUT2D eigenvalue weighted by atomic mass is 10.1. The molecule has 3 amide bonds. The number of carbonyl (C=O) groups is 3. The average molecular weight is 447 g/mol. The summed E-state index contributed by atoms with van der Waals surface area (Å²) in [6, 6.07) is 14.5. The van der Waals surface area contributed by atoms with E-state index in [1.807, 2.05) is 23.1 Å². The van der Waals surface area contributed by atoms with E-state index >= 15 is 0 Å². The van der Waals surface area contributed by atoms with Crippen LogP contribution in [0, 0.1) is 0 Å². The SMILES string of the molecule is NC(=O)c1ccc(N2C(=O)CC(N(Cc3c([O-])on[n+]3-c3ccccc3)C3CC3)C2=O)cc1. The summed E-state index contributed by atoms with van der Waals surface area (Å²) >= 11 is 0. The molecule has 1 saturated heterocycles. The van der Waals surface area contributed by atoms with E-state index in [0.29, 0.717) is 11.4 Å². The third kappa shape index (κ3) is 3.85. The molecule has 33 heavy (non-hydrogen) atoms. The molecule has 1 unspecified atom stereocenters. The topological polar surface area (TPSA) is 137 Å². The van der Waals surface area contributed by atoms with E-state index in [9.17, 15) is 19.5 Å². The Morgan fingerprint density at radius 1 is 1.15 bits per heavy atom. The molecular formula is C23H21N5O5. The van der Waals surface area contributed by atoms with Gasteiger partial charge in [-0.15, -0.1) is 0 Å². The van der Waals surface area contributed by atoms with Crippen molar-refractivity contribution in [2.75, 3.05) is 4.90 Å². The van der Waals surface area contributed by atoms with E-state index in [4.69, 9.17) is 10.3 Å². The van der Waals surface area contributed by atoms with Crippen molar-refractivity contribution in [3.63, 3.8) is 0 Å². The zero-order valence-corrected chi connectivity index (χ0v) is 17.6. The van der Waals surface area contributed by atoms with Crippen LogP contribution >= 0.6 is 0 Å². The fraction of sp³-hybridized carbons (Fsp3) is 0.261. The fourth-order valence-electron chi connectivity index (χ4n) is 4.16. The fourth-order valence-corrected chi connectivity index (χ4v) is 4.16. The van der Waals surface area contributed by atoms with Crippen molar-refractivity contribution < 1.29 is 28.7 Å². The van der Waals surface area contributed by atoms with Crippen molar-refractivity contribution in [2.24, 2.45) is 5.73 Å². The van der Waals surface area contributed by atoms with Crippen molar-refractivity contribution in [3.05, 3.63) is 65.9 Å². The highest BCUT2D eigenvalue weighted by molar-refractivity contribution is 6.22. The molecule has 1 aliphatic heterocycles. The van der Waals surface area contributed by atoms with Crippen LogP contribution in [-0.2, 0) is 16.1 Å². The van der Waals surface area contributed by atoms with Crippen molar-refractivity contribution in [1.82, 2.24) is 10.2 Å². The number of benzene rings is 2. The van der Waals surface area contributed by atoms with Gasteiger partial charge in [0.05, 0.1) is 30.0 Å². The third-order valence-electron chi connectivity index (χ3n) is 5.98. The van der Waals surface area contributed by atoms with Crippen molar-refractivity contribution in [3.8, 4) is 11.6 Å². The predicted octanol–water partition coefficient (Wildman–Crippen LogP) is 0.420. The molecule has 3 aromatic rings. The number of aromatic nitrogens is 2. The Morgan fingerprint density at radius 3 is 2.48 bits per heavy atom. The molecule has 2 heterocycles. The molecule has 10 heteroatoms. The summed E-state index contributed by atoms with van der Waals surface area (Å²) in [5.41, 5.74) is 6.89. The van der Waals surface area contributed by atoms with E-state index in [2.05, 4.69) is 5.27 Å². The number of amides is 3. The second-order valence-corrected chi connectivity index (χ2v) is 8.16. The number of nitrogens with zero attached hydrogens (tertiary/aromatic N) is 4. The van der Waals surface area contributed by atoms with Crippen molar-refractivity contribution in [2.45, 2.75) is 37.9 Å². The highest BCUT2D eigenvalue weighted by Crippen LogP contribution is 2.35. The zero-order chi connectivity index (χ0) is 23.1. The molecule has 10 nitrogen and oxygen atoms in total. The summed E-state index contributed by atoms with van der Waals surface area (Å²) in [7, 11) is 0. The monoisotopic (exact) mass is 447 g/mol. The lowest BCUT2D eigenvalue weighted by Crippen LogP contribution is -2.46. The summed E-state index contributed by atoms with van der Waals surface area (Å²) in [6.07, 6.45) is 1.74. The van der Waals surface area contributed by atoms with E-state index in [0.717, 1.165) is 17.7 Å². The van der Waals surface area contributed by atoms with E-state index in [-0.39, 0.29) is 42.1 Å². The second-order valence-electron chi connectivity index (χ2n) is 8.16. The number of primary amides is 1. The first-order chi connectivity index (χ1) is 15.9. The minimum absolute atomic E-state index is 0.00227. The van der Waals surface area contributed by atoms with Crippen LogP contribution in [0.15, 0.2) is 59.1 Å². The van der Waals surface area contributed by atoms with Gasteiger partial charge in [0.15, 0.2) is 5.95 Å². The molecule has 1 saturated carbocycles. The van der Waals surface area contributed by atoms with Gasteiger partial charge in [0, 0.05) is 23.7 Å². The molecular weight excluding hydrogens is 426 g/mol. The first-order valence-corrected chi connectivity index (χ1v) is 10.6. The van der Waals surface area contributed by atoms with Gasteiger partial charge in [0.2, 0.25) is 17.5 Å². The Balaban J connectivity index is 1.42. The highest BCUT2D eigenvalue weighted by Gasteiger charge is 2.48. The lowest BCUT2D eigenvalue weighted by Gasteiger charge is -2.25. The van der Waals surface area contributed by atoms with Gasteiger partial charge >= 0.3 is 0 Å². The largest absolute Gasteiger partial charge is 0.539 e. The normalized spacial score (nSPS) is 18.3. The number of hydrogen-bond donors (Lipinski definition) is 1. The smallest absolute Gasteiger partial charge is 0.254 e. The van der Waals surface area contributed by atoms with Gasteiger partial charge in [-0.1, -0.05) is 18.2 Å². The lowest BCUT2D eigenvalue weighted by molar-refractivity contribution is -0.678. The third-order valence-corrected chi connectivity index (χ3v) is 5.98. The Kier molecular flexibility index (Phi) is 5.14. The maximum absolute atomic E-state index is 13.3. The van der Waals surface area contributed by atoms with Crippen LogP contribution in [0.4, 0.5) is 5.69 Å². The highest BCUT2D eigenvalue weighted by atomic mass is 16.6. The summed E-state index contributed by atoms with van der Waals surface area (Å²) in [5, 5.41) is 16.3. The number of rotatable bonds is 7. The van der Waals surface area contributed by atoms with Crippen LogP contribution in [0.1, 0.15) is 35.3 Å². The Hall–Kier alpha value is -4.05. The molecule has 0 radical (unpaired) electrons. The van der Waals surface area contributed by atoms with E-state index < -0.39 is 17.9 Å². The number of para-hydroxylation sites is 1. The van der Waals surface area contributed by atoms with Crippen LogP contribution < -0.4 is 20.4 Å². The quantitative estimate of drug-likeness (QED) is 0.409. The van der Waals surface area contributed by atoms with Gasteiger partial charge in [-0.05, 0) is 41.8 Å². The van der Waals surface area contributed by atoms with Gasteiger partial charge in [-0.2, -0.15) is 0 Å². The molecule has 2 aromatic carbocycles. The van der Waals surface area contributed by atoms with Crippen LogP contribution in [0.2, 0.25) is 0 Å². The van der Waals surface area contributed by atoms with E-state index in [1.54, 1.807) is 12.1 Å². The summed E-state index contributed by atoms with van der Waals surface area (Å²) < 4.78 is 6.34. The number of imide groups is 1. The molecule has 5 rings (SSSR count). The number of nitrogens with two attached hydrogens (primary N) is 1. The minimum atomic E-state index is -0.709. The van der Waals surface area contributed by atoms with E-state index in [1.165, 1.54) is 28.9 Å². The maximum Gasteiger partial charge on any atom is 0.254 e. The van der Waals surface area contributed by atoms with Crippen molar-refractivity contribution >= 4 is 23.4 Å². The Morgan fingerprint density at radius 2 is 1.85 bits per heavy atom. The number of anilines is 1. The molecule has 0 bridgehead atoms. The molecule has 1 aromatic heterocycles. The number of hydrogen-bond acceptors (Lipinski definition) is 7. The standard InChI is InChI=1S/C23H21N5O5/c24-21(30)14-6-8-16(9-7-14)27-20(29)12-18(22(27)31)26(15-10-11-15)13-19-23(32)33-25-28(19)17-4-2-1-3-5-17/h1-9,15,18H,10-13H2,(H2-,24,25,30,32). The molecule has 2 N–H and O–H groups in total. The van der Waals surface area contributed by atoms with Gasteiger partial charge in [0.25, 0.3) is 11.6 Å². The molecule has 168 valence electrons. The van der Waals surface area contributed by atoms with Crippen LogP contribution in [0.25, 0.3) is 5.69 Å². The Labute approximate surface area is 188 Å². The predicted molar refractivity (Wildman–Crippen MR) is 112 cm³/mol. The summed E-state index contributed by atoms with van der Waals surface area (Å²) in [4.78, 5) is 40.5. The molecule has 1 atom stereocenters. The van der Waals surface area contributed by atoms with Gasteiger partial charge in [-0.25, -0.2) is 4.90 Å². The Bertz CT molecular complexity index is 1220. The van der Waals surface area contributed by atoms with Crippen molar-refractivity contribution in [1.29, 1.82) is 0 Å². The second kappa shape index (κ2) is 8.14. The average Bonchev–Trinajstić information content (AvgIpc) is 3.53. The molecule has 2 aliphatic rings. The van der Waals surface area contributed by atoms with Crippen LogP contribution in [0.5, 0.6) is 5.95 Å².